The fourth-order valence-corrected chi connectivity index (χ4v) is 1.44. The molecule has 0 spiro atoms. The Morgan fingerprint density at radius 3 is 2.64 bits per heavy atom. The molecule has 0 aliphatic heterocycles. The Morgan fingerprint density at radius 1 is 1.43 bits per heavy atom. The molecule has 0 N–H and O–H groups in total. The number of hydrogen-bond acceptors (Lipinski definition) is 0. The van der Waals surface area contributed by atoms with E-state index >= 15 is 0 Å². The maximum atomic E-state index is 12.5. The third-order valence-corrected chi connectivity index (χ3v) is 2.48. The van der Waals surface area contributed by atoms with E-state index in [0.717, 1.165) is 17.5 Å². The van der Waals surface area contributed by atoms with Gasteiger partial charge in [0.1, 0.15) is 0 Å². The number of alkyl halides is 1. The Kier molecular flexibility index (Phi) is 3.87. The fourth-order valence-electron chi connectivity index (χ4n) is 1.44. The molecule has 76 valence electrons. The van der Waals surface area contributed by atoms with Crippen LogP contribution in [0.15, 0.2) is 24.8 Å². The number of halogens is 1. The van der Waals surface area contributed by atoms with Crippen molar-refractivity contribution in [1.82, 2.24) is 0 Å². The van der Waals surface area contributed by atoms with Gasteiger partial charge in [0.05, 0.1) is 6.67 Å². The van der Waals surface area contributed by atoms with Crippen LogP contribution in [0.1, 0.15) is 36.5 Å². The summed E-state index contributed by atoms with van der Waals surface area (Å²) in [6.45, 7) is 7.44. The lowest BCUT2D eigenvalue weighted by atomic mass is 9.96. The molecule has 1 aromatic rings. The Balaban J connectivity index is 3.10. The van der Waals surface area contributed by atoms with Crippen LogP contribution >= 0.6 is 0 Å². The van der Waals surface area contributed by atoms with E-state index < -0.39 is 0 Å². The van der Waals surface area contributed by atoms with Crippen molar-refractivity contribution < 1.29 is 4.39 Å². The highest BCUT2D eigenvalue weighted by Crippen LogP contribution is 2.20. The molecule has 0 aliphatic rings. The minimum Gasteiger partial charge on any atom is -0.250 e. The van der Waals surface area contributed by atoms with Gasteiger partial charge < -0.3 is 0 Å². The summed E-state index contributed by atoms with van der Waals surface area (Å²) in [7, 11) is 0. The van der Waals surface area contributed by atoms with Gasteiger partial charge in [-0.05, 0) is 23.1 Å². The van der Waals surface area contributed by atoms with Gasteiger partial charge in [-0.2, -0.15) is 0 Å². The normalized spacial score (nSPS) is 12.5. The first-order valence-electron chi connectivity index (χ1n) is 5.03. The first-order chi connectivity index (χ1) is 6.71. The fraction of sp³-hybridized carbons (Fsp3) is 0.385. The molecule has 1 atom stereocenters. The van der Waals surface area contributed by atoms with Crippen molar-refractivity contribution in [2.75, 3.05) is 6.67 Å². The second kappa shape index (κ2) is 4.94. The lowest BCUT2D eigenvalue weighted by Gasteiger charge is -2.10. The van der Waals surface area contributed by atoms with Crippen LogP contribution in [0.5, 0.6) is 0 Å². The molecule has 0 heterocycles. The van der Waals surface area contributed by atoms with Crippen LogP contribution in [0, 0.1) is 0 Å². The van der Waals surface area contributed by atoms with Gasteiger partial charge in [-0.15, -0.1) is 0 Å². The van der Waals surface area contributed by atoms with Crippen molar-refractivity contribution in [1.29, 1.82) is 0 Å². The average molecular weight is 192 g/mol. The van der Waals surface area contributed by atoms with Crippen LogP contribution in [0.2, 0.25) is 0 Å². The summed E-state index contributed by atoms with van der Waals surface area (Å²) in [4.78, 5) is 0. The van der Waals surface area contributed by atoms with Crippen LogP contribution < -0.4 is 0 Å². The van der Waals surface area contributed by atoms with Gasteiger partial charge in [0.2, 0.25) is 0 Å². The Hall–Kier alpha value is -1.11. The number of benzene rings is 1. The average Bonchev–Trinajstić information content (AvgIpc) is 2.27. The van der Waals surface area contributed by atoms with Crippen LogP contribution in [0.3, 0.4) is 0 Å². The molecule has 0 saturated carbocycles. The smallest absolute Gasteiger partial charge is 0.0960 e. The Morgan fingerprint density at radius 2 is 2.14 bits per heavy atom. The van der Waals surface area contributed by atoms with E-state index in [2.05, 4.69) is 25.6 Å². The first kappa shape index (κ1) is 11.0. The van der Waals surface area contributed by atoms with E-state index in [1.165, 1.54) is 5.56 Å². The zero-order valence-corrected chi connectivity index (χ0v) is 8.89. The number of rotatable bonds is 4. The highest BCUT2D eigenvalue weighted by molar-refractivity contribution is 5.50. The van der Waals surface area contributed by atoms with E-state index in [1.54, 1.807) is 0 Å². The number of aryl methyl sites for hydroxylation is 1. The van der Waals surface area contributed by atoms with Crippen molar-refractivity contribution in [2.24, 2.45) is 0 Å². The van der Waals surface area contributed by atoms with Crippen LogP contribution in [0.25, 0.3) is 6.08 Å². The van der Waals surface area contributed by atoms with Crippen LogP contribution in [0.4, 0.5) is 4.39 Å². The van der Waals surface area contributed by atoms with Gasteiger partial charge in [0.25, 0.3) is 0 Å². The molecule has 0 aromatic heterocycles. The lowest BCUT2D eigenvalue weighted by Crippen LogP contribution is -1.97. The predicted octanol–water partition coefficient (Wildman–Crippen LogP) is 3.97. The molecule has 0 radical (unpaired) electrons. The molecule has 1 rings (SSSR count). The molecule has 0 fully saturated rings. The van der Waals surface area contributed by atoms with Crippen molar-refractivity contribution in [3.05, 3.63) is 41.5 Å². The van der Waals surface area contributed by atoms with Gasteiger partial charge in [-0.3, -0.25) is 4.39 Å². The van der Waals surface area contributed by atoms with E-state index in [1.807, 2.05) is 19.1 Å². The van der Waals surface area contributed by atoms with E-state index in [-0.39, 0.29) is 12.6 Å². The monoisotopic (exact) mass is 192 g/mol. The molecule has 1 heteroatoms. The topological polar surface area (TPSA) is 0 Å². The predicted molar refractivity (Wildman–Crippen MR) is 60.3 cm³/mol. The summed E-state index contributed by atoms with van der Waals surface area (Å²) in [5, 5.41) is 0. The maximum absolute atomic E-state index is 12.5. The van der Waals surface area contributed by atoms with Gasteiger partial charge in [0, 0.05) is 5.92 Å². The minimum atomic E-state index is -0.302. The van der Waals surface area contributed by atoms with Crippen molar-refractivity contribution in [2.45, 2.75) is 26.2 Å². The zero-order chi connectivity index (χ0) is 10.6. The molecule has 0 saturated heterocycles. The Labute approximate surface area is 85.5 Å². The summed E-state index contributed by atoms with van der Waals surface area (Å²) in [5.41, 5.74) is 3.40. The quantitative estimate of drug-likeness (QED) is 0.677. The Bertz CT molecular complexity index is 315. The largest absolute Gasteiger partial charge is 0.250 e. The molecule has 0 amide bonds. The van der Waals surface area contributed by atoms with E-state index in [0.29, 0.717) is 0 Å². The van der Waals surface area contributed by atoms with Gasteiger partial charge >= 0.3 is 0 Å². The first-order valence-corrected chi connectivity index (χ1v) is 5.03. The molecule has 1 unspecified atom stereocenters. The van der Waals surface area contributed by atoms with Crippen LogP contribution in [-0.2, 0) is 6.42 Å². The molecular weight excluding hydrogens is 175 g/mol. The summed E-state index contributed by atoms with van der Waals surface area (Å²) in [6.07, 6.45) is 2.79. The summed E-state index contributed by atoms with van der Waals surface area (Å²) in [6, 6.07) is 6.19. The SMILES string of the molecule is C=Cc1cc(CC)cc(C(C)CF)c1. The van der Waals surface area contributed by atoms with Gasteiger partial charge in [-0.25, -0.2) is 0 Å². The zero-order valence-electron chi connectivity index (χ0n) is 8.89. The minimum absolute atomic E-state index is 0.0137. The second-order valence-corrected chi connectivity index (χ2v) is 3.62. The standard InChI is InChI=1S/C13H17F/c1-4-11-6-12(5-2)8-13(7-11)10(3)9-14/h4,6-8,10H,1,5,9H2,2-3H3. The summed E-state index contributed by atoms with van der Waals surface area (Å²) >= 11 is 0. The molecule has 0 bridgehead atoms. The second-order valence-electron chi connectivity index (χ2n) is 3.62. The van der Waals surface area contributed by atoms with Crippen molar-refractivity contribution in [3.63, 3.8) is 0 Å². The van der Waals surface area contributed by atoms with Crippen molar-refractivity contribution >= 4 is 6.08 Å². The number of hydrogen-bond donors (Lipinski definition) is 0. The highest BCUT2D eigenvalue weighted by atomic mass is 19.1. The molecular formula is C13H17F. The van der Waals surface area contributed by atoms with Gasteiger partial charge in [-0.1, -0.05) is 44.7 Å². The summed E-state index contributed by atoms with van der Waals surface area (Å²) < 4.78 is 12.5. The molecule has 0 nitrogen and oxygen atoms in total. The van der Waals surface area contributed by atoms with Crippen LogP contribution in [-0.4, -0.2) is 6.67 Å². The summed E-state index contributed by atoms with van der Waals surface area (Å²) in [5.74, 6) is -0.0137. The highest BCUT2D eigenvalue weighted by Gasteiger charge is 2.06. The van der Waals surface area contributed by atoms with Gasteiger partial charge in [0.15, 0.2) is 0 Å². The third kappa shape index (κ3) is 2.44. The third-order valence-electron chi connectivity index (χ3n) is 2.48. The molecule has 0 aliphatic carbocycles. The lowest BCUT2D eigenvalue weighted by molar-refractivity contribution is 0.447. The van der Waals surface area contributed by atoms with E-state index in [4.69, 9.17) is 0 Å². The van der Waals surface area contributed by atoms with E-state index in [9.17, 15) is 4.39 Å². The maximum Gasteiger partial charge on any atom is 0.0960 e. The molecule has 14 heavy (non-hydrogen) atoms. The van der Waals surface area contributed by atoms with Crippen molar-refractivity contribution in [3.8, 4) is 0 Å². The molecule has 1 aromatic carbocycles.